The minimum absolute atomic E-state index is 0.246. The minimum atomic E-state index is -0.494. The molecule has 2 heterocycles. The Hall–Kier alpha value is -3.78. The van der Waals surface area contributed by atoms with Crippen LogP contribution in [-0.4, -0.2) is 34.6 Å². The highest BCUT2D eigenvalue weighted by molar-refractivity contribution is 7.14. The number of benzene rings is 2. The highest BCUT2D eigenvalue weighted by Crippen LogP contribution is 2.29. The predicted octanol–water partition coefficient (Wildman–Crippen LogP) is 5.20. The summed E-state index contributed by atoms with van der Waals surface area (Å²) in [4.78, 5) is 26.0. The van der Waals surface area contributed by atoms with E-state index in [1.165, 1.54) is 17.5 Å². The second-order valence-electron chi connectivity index (χ2n) is 6.43. The van der Waals surface area contributed by atoms with E-state index in [4.69, 9.17) is 9.47 Å². The van der Waals surface area contributed by atoms with Crippen molar-refractivity contribution in [2.24, 2.45) is 0 Å². The maximum Gasteiger partial charge on any atom is 0.343 e. The summed E-state index contributed by atoms with van der Waals surface area (Å²) in [6.07, 6.45) is 1.47. The third kappa shape index (κ3) is 4.70. The van der Waals surface area contributed by atoms with E-state index in [1.807, 2.05) is 60.0 Å². The van der Waals surface area contributed by atoms with Gasteiger partial charge in [-0.1, -0.05) is 30.3 Å². The van der Waals surface area contributed by atoms with Crippen molar-refractivity contribution >= 4 is 28.3 Å². The molecule has 0 fully saturated rings. The highest BCUT2D eigenvalue weighted by atomic mass is 32.1. The van der Waals surface area contributed by atoms with Crippen molar-refractivity contribution in [1.29, 1.82) is 0 Å². The fraction of sp³-hybridized carbons (Fsp3) is 0.130. The molecular formula is C23H20N4O3S. The Morgan fingerprint density at radius 2 is 1.81 bits per heavy atom. The number of nitrogens with zero attached hydrogens (tertiary/aromatic N) is 3. The van der Waals surface area contributed by atoms with Gasteiger partial charge >= 0.3 is 5.97 Å². The topological polar surface area (TPSA) is 86.2 Å². The Kier molecular flexibility index (Phi) is 6.18. The first-order valence-corrected chi connectivity index (χ1v) is 10.5. The monoisotopic (exact) mass is 432 g/mol. The van der Waals surface area contributed by atoms with Crippen LogP contribution in [0.15, 0.2) is 66.2 Å². The largest absolute Gasteiger partial charge is 0.497 e. The number of ether oxygens (including phenoxy) is 2. The number of carbonyl (C=O) groups excluding carboxylic acids is 1. The van der Waals surface area contributed by atoms with Crippen LogP contribution in [0.25, 0.3) is 22.6 Å². The van der Waals surface area contributed by atoms with Crippen LogP contribution in [0.4, 0.5) is 10.9 Å². The summed E-state index contributed by atoms with van der Waals surface area (Å²) < 4.78 is 10.4. The molecule has 0 aliphatic heterocycles. The third-order valence-corrected chi connectivity index (χ3v) is 5.19. The van der Waals surface area contributed by atoms with Gasteiger partial charge in [0.2, 0.25) is 0 Å². The maximum absolute atomic E-state index is 12.4. The average molecular weight is 433 g/mol. The molecule has 0 saturated carbocycles. The molecule has 0 spiro atoms. The van der Waals surface area contributed by atoms with Crippen LogP contribution < -0.4 is 10.1 Å². The second-order valence-corrected chi connectivity index (χ2v) is 7.29. The normalized spacial score (nSPS) is 10.5. The Bertz CT molecular complexity index is 1180. The highest BCUT2D eigenvalue weighted by Gasteiger charge is 2.18. The molecule has 0 unspecified atom stereocenters. The van der Waals surface area contributed by atoms with E-state index >= 15 is 0 Å². The summed E-state index contributed by atoms with van der Waals surface area (Å²) in [6.45, 7) is 2.01. The summed E-state index contributed by atoms with van der Waals surface area (Å²) in [6, 6.07) is 17.3. The van der Waals surface area contributed by atoms with Crippen molar-refractivity contribution in [3.8, 4) is 28.4 Å². The van der Waals surface area contributed by atoms with E-state index in [1.54, 1.807) is 14.0 Å². The van der Waals surface area contributed by atoms with E-state index in [0.717, 1.165) is 22.6 Å². The zero-order valence-electron chi connectivity index (χ0n) is 17.0. The average Bonchev–Trinajstić information content (AvgIpc) is 3.28. The van der Waals surface area contributed by atoms with Gasteiger partial charge < -0.3 is 14.8 Å². The number of anilines is 2. The lowest BCUT2D eigenvalue weighted by Crippen LogP contribution is -2.11. The smallest absolute Gasteiger partial charge is 0.343 e. The van der Waals surface area contributed by atoms with Crippen LogP contribution in [0, 0.1) is 0 Å². The van der Waals surface area contributed by atoms with Gasteiger partial charge in [0, 0.05) is 22.7 Å². The molecule has 4 rings (SSSR count). The van der Waals surface area contributed by atoms with E-state index in [9.17, 15) is 4.79 Å². The SMILES string of the molecule is CCOC(=O)c1cnc(-c2ccc(OC)cc2)nc1Nc1nc(-c2ccccc2)cs1. The number of nitrogens with one attached hydrogen (secondary N) is 1. The summed E-state index contributed by atoms with van der Waals surface area (Å²) in [5.41, 5.74) is 2.90. The van der Waals surface area contributed by atoms with Crippen molar-refractivity contribution in [3.05, 3.63) is 71.7 Å². The predicted molar refractivity (Wildman–Crippen MR) is 121 cm³/mol. The molecule has 0 aliphatic rings. The third-order valence-electron chi connectivity index (χ3n) is 4.43. The molecule has 2 aromatic heterocycles. The molecule has 0 aliphatic carbocycles. The zero-order chi connectivity index (χ0) is 21.6. The van der Waals surface area contributed by atoms with Gasteiger partial charge in [0.1, 0.15) is 11.3 Å². The fourth-order valence-corrected chi connectivity index (χ4v) is 3.61. The molecule has 0 saturated heterocycles. The minimum Gasteiger partial charge on any atom is -0.497 e. The Morgan fingerprint density at radius 1 is 1.03 bits per heavy atom. The Morgan fingerprint density at radius 3 is 2.52 bits per heavy atom. The Balaban J connectivity index is 1.68. The van der Waals surface area contributed by atoms with Crippen molar-refractivity contribution in [1.82, 2.24) is 15.0 Å². The lowest BCUT2D eigenvalue weighted by Gasteiger charge is -2.10. The number of aromatic nitrogens is 3. The van der Waals surface area contributed by atoms with E-state index in [2.05, 4.69) is 20.3 Å². The van der Waals surface area contributed by atoms with Crippen LogP contribution in [0.3, 0.4) is 0 Å². The van der Waals surface area contributed by atoms with Crippen LogP contribution >= 0.6 is 11.3 Å². The summed E-state index contributed by atoms with van der Waals surface area (Å²) in [5.74, 6) is 1.05. The first-order chi connectivity index (χ1) is 15.2. The van der Waals surface area contributed by atoms with Crippen molar-refractivity contribution in [2.45, 2.75) is 6.92 Å². The van der Waals surface area contributed by atoms with Gasteiger partial charge in [0.05, 0.1) is 19.4 Å². The summed E-state index contributed by atoms with van der Waals surface area (Å²) in [5, 5.41) is 5.73. The van der Waals surface area contributed by atoms with Crippen molar-refractivity contribution in [2.75, 3.05) is 19.0 Å². The van der Waals surface area contributed by atoms with Crippen LogP contribution in [0.5, 0.6) is 5.75 Å². The first-order valence-electron chi connectivity index (χ1n) is 9.64. The van der Waals surface area contributed by atoms with Gasteiger partial charge in [-0.2, -0.15) is 0 Å². The molecule has 1 N–H and O–H groups in total. The lowest BCUT2D eigenvalue weighted by atomic mass is 10.2. The van der Waals surface area contributed by atoms with Crippen LogP contribution in [-0.2, 0) is 4.74 Å². The van der Waals surface area contributed by atoms with Gasteiger partial charge in [0.25, 0.3) is 0 Å². The number of thiazole rings is 1. The van der Waals surface area contributed by atoms with Gasteiger partial charge in [-0.3, -0.25) is 0 Å². The molecule has 2 aromatic carbocycles. The number of hydrogen-bond acceptors (Lipinski definition) is 8. The second kappa shape index (κ2) is 9.36. The fourth-order valence-electron chi connectivity index (χ4n) is 2.89. The number of esters is 1. The van der Waals surface area contributed by atoms with Gasteiger partial charge in [-0.15, -0.1) is 11.3 Å². The number of carbonyl (C=O) groups is 1. The van der Waals surface area contributed by atoms with Gasteiger partial charge in [-0.05, 0) is 31.2 Å². The van der Waals surface area contributed by atoms with E-state index in [-0.39, 0.29) is 12.2 Å². The zero-order valence-corrected chi connectivity index (χ0v) is 17.8. The molecule has 7 nitrogen and oxygen atoms in total. The van der Waals surface area contributed by atoms with Crippen LogP contribution in [0.1, 0.15) is 17.3 Å². The summed E-state index contributed by atoms with van der Waals surface area (Å²) in [7, 11) is 1.61. The van der Waals surface area contributed by atoms with Crippen LogP contribution in [0.2, 0.25) is 0 Å². The number of rotatable bonds is 7. The molecule has 0 atom stereocenters. The lowest BCUT2D eigenvalue weighted by molar-refractivity contribution is 0.0526. The molecule has 8 heteroatoms. The molecule has 0 bridgehead atoms. The number of methoxy groups -OCH3 is 1. The Labute approximate surface area is 183 Å². The standard InChI is InChI=1S/C23H20N4O3S/c1-3-30-22(28)18-13-24-20(16-9-11-17(29-2)12-10-16)26-21(18)27-23-25-19(14-31-23)15-7-5-4-6-8-15/h4-14H,3H2,1-2H3,(H,24,25,26,27). The molecule has 0 radical (unpaired) electrons. The van der Waals surface area contributed by atoms with Crippen molar-refractivity contribution < 1.29 is 14.3 Å². The van der Waals surface area contributed by atoms with E-state index < -0.39 is 5.97 Å². The van der Waals surface area contributed by atoms with Crippen molar-refractivity contribution in [3.63, 3.8) is 0 Å². The molecule has 156 valence electrons. The molecular weight excluding hydrogens is 412 g/mol. The van der Waals surface area contributed by atoms with E-state index in [0.29, 0.717) is 16.8 Å². The van der Waals surface area contributed by atoms with Gasteiger partial charge in [0.15, 0.2) is 16.8 Å². The quantitative estimate of drug-likeness (QED) is 0.402. The van der Waals surface area contributed by atoms with Gasteiger partial charge in [-0.25, -0.2) is 19.7 Å². The summed E-state index contributed by atoms with van der Waals surface area (Å²) >= 11 is 1.43. The maximum atomic E-state index is 12.4. The first kappa shape index (κ1) is 20.5. The molecule has 0 amide bonds. The molecule has 4 aromatic rings. The number of hydrogen-bond donors (Lipinski definition) is 1. The molecule has 31 heavy (non-hydrogen) atoms.